The molecular weight excluding hydrogens is 416 g/mol. The van der Waals surface area contributed by atoms with Gasteiger partial charge in [0.15, 0.2) is 6.29 Å². The van der Waals surface area contributed by atoms with Crippen molar-refractivity contribution in [2.45, 2.75) is 70.1 Å². The molecule has 0 saturated carbocycles. The Morgan fingerprint density at radius 1 is 1.12 bits per heavy atom. The summed E-state index contributed by atoms with van der Waals surface area (Å²) < 4.78 is 28.2. The molecule has 0 aromatic carbocycles. The molecule has 1 aromatic heterocycles. The largest absolute Gasteiger partial charge is 0.496 e. The van der Waals surface area contributed by atoms with Crippen molar-refractivity contribution < 1.29 is 33.6 Å². The van der Waals surface area contributed by atoms with E-state index in [9.17, 15) is 15.0 Å². The molecule has 8 nitrogen and oxygen atoms in total. The Labute approximate surface area is 186 Å². The van der Waals surface area contributed by atoms with Gasteiger partial charge >= 0.3 is 5.63 Å². The summed E-state index contributed by atoms with van der Waals surface area (Å²) in [7, 11) is 1.50. The highest BCUT2D eigenvalue weighted by Crippen LogP contribution is 2.58. The molecule has 4 heterocycles. The number of ether oxygens (including phenoxy) is 4. The molecule has 2 N–H and O–H groups in total. The van der Waals surface area contributed by atoms with Gasteiger partial charge in [-0.15, -0.1) is 0 Å². The van der Waals surface area contributed by atoms with Crippen LogP contribution in [0.1, 0.15) is 32.1 Å². The van der Waals surface area contributed by atoms with Crippen molar-refractivity contribution in [2.24, 2.45) is 5.41 Å². The Kier molecular flexibility index (Phi) is 5.94. The molecule has 0 radical (unpaired) electrons. The Morgan fingerprint density at radius 3 is 2.56 bits per heavy atom. The van der Waals surface area contributed by atoms with Gasteiger partial charge in [0.1, 0.15) is 41.5 Å². The van der Waals surface area contributed by atoms with Crippen molar-refractivity contribution in [2.75, 3.05) is 7.11 Å². The minimum atomic E-state index is -1.15. The standard InChI is InChI=1S/C24H30O8/c1-13-15(30-18(25)12-17(13)28-5)10-8-6-7-9-11-16-19(26)20-21(31-16)23(3)22(32-20)29-14(2)24(23,4)27/h6-12,14,16,19-22,26-27H,1-5H3/b7-6+,10-8+,11-9+/t14-,16-,19-,20-,21+,22-,23+,24+/m1/s1. The van der Waals surface area contributed by atoms with Gasteiger partial charge in [-0.25, -0.2) is 4.79 Å². The molecule has 1 aromatic rings. The van der Waals surface area contributed by atoms with Gasteiger partial charge in [0.25, 0.3) is 0 Å². The number of hydrogen-bond donors (Lipinski definition) is 2. The number of aliphatic hydroxyl groups is 2. The fraction of sp³-hybridized carbons (Fsp3) is 0.542. The lowest BCUT2D eigenvalue weighted by Crippen LogP contribution is -2.54. The molecule has 0 unspecified atom stereocenters. The lowest BCUT2D eigenvalue weighted by atomic mass is 9.69. The molecule has 4 rings (SSSR count). The first-order valence-electron chi connectivity index (χ1n) is 10.7. The Bertz CT molecular complexity index is 1010. The Morgan fingerprint density at radius 2 is 1.84 bits per heavy atom. The SMILES string of the molecule is COc1cc(=O)oc(/C=C/C=C/C=C/[C@H]2O[C@H]3[C@H](O[C@H]4O[C@H](C)[C@](C)(O)[C@]43C)[C@@H]2O)c1C. The third-order valence-electron chi connectivity index (χ3n) is 7.15. The van der Waals surface area contributed by atoms with E-state index in [1.807, 2.05) is 6.92 Å². The third-order valence-corrected chi connectivity index (χ3v) is 7.15. The topological polar surface area (TPSA) is 108 Å². The Hall–Kier alpha value is -2.23. The number of methoxy groups -OCH3 is 1. The number of allylic oxidation sites excluding steroid dienone is 4. The summed E-state index contributed by atoms with van der Waals surface area (Å²) >= 11 is 0. The molecule has 0 spiro atoms. The van der Waals surface area contributed by atoms with Crippen LogP contribution in [0, 0.1) is 12.3 Å². The van der Waals surface area contributed by atoms with E-state index in [1.54, 1.807) is 57.2 Å². The van der Waals surface area contributed by atoms with Gasteiger partial charge in [0.2, 0.25) is 0 Å². The summed E-state index contributed by atoms with van der Waals surface area (Å²) in [6, 6.07) is 1.30. The van der Waals surface area contributed by atoms with Crippen LogP contribution < -0.4 is 10.4 Å². The minimum Gasteiger partial charge on any atom is -0.496 e. The molecule has 3 aliphatic rings. The van der Waals surface area contributed by atoms with Gasteiger partial charge in [-0.2, -0.15) is 0 Å². The number of hydrogen-bond acceptors (Lipinski definition) is 8. The quantitative estimate of drug-likeness (QED) is 0.663. The van der Waals surface area contributed by atoms with Crippen LogP contribution in [0.5, 0.6) is 5.75 Å². The average molecular weight is 446 g/mol. The van der Waals surface area contributed by atoms with Gasteiger partial charge in [0.05, 0.1) is 24.7 Å². The van der Waals surface area contributed by atoms with Gasteiger partial charge in [-0.1, -0.05) is 30.4 Å². The van der Waals surface area contributed by atoms with E-state index in [4.69, 9.17) is 23.4 Å². The van der Waals surface area contributed by atoms with Crippen molar-refractivity contribution >= 4 is 6.08 Å². The summed E-state index contributed by atoms with van der Waals surface area (Å²) in [5.74, 6) is 0.896. The first-order chi connectivity index (χ1) is 15.1. The molecule has 0 bridgehead atoms. The number of aliphatic hydroxyl groups excluding tert-OH is 1. The highest BCUT2D eigenvalue weighted by atomic mass is 16.7. The lowest BCUT2D eigenvalue weighted by molar-refractivity contribution is -0.165. The summed E-state index contributed by atoms with van der Waals surface area (Å²) in [5.41, 5.74) is -1.67. The molecule has 3 aliphatic heterocycles. The molecule has 8 heteroatoms. The molecule has 0 amide bonds. The highest BCUT2D eigenvalue weighted by molar-refractivity contribution is 5.52. The molecular formula is C24H30O8. The monoisotopic (exact) mass is 446 g/mol. The lowest BCUT2D eigenvalue weighted by Gasteiger charge is -2.38. The van der Waals surface area contributed by atoms with Crippen molar-refractivity contribution in [3.05, 3.63) is 58.2 Å². The number of rotatable bonds is 5. The maximum absolute atomic E-state index is 11.6. The zero-order chi connectivity index (χ0) is 23.3. The van der Waals surface area contributed by atoms with Crippen LogP contribution in [-0.4, -0.2) is 59.7 Å². The van der Waals surface area contributed by atoms with Gasteiger partial charge in [-0.05, 0) is 33.8 Å². The maximum atomic E-state index is 11.6. The second-order valence-electron chi connectivity index (χ2n) is 8.91. The van der Waals surface area contributed by atoms with E-state index in [0.717, 1.165) is 5.56 Å². The van der Waals surface area contributed by atoms with Gasteiger partial charge < -0.3 is 33.6 Å². The summed E-state index contributed by atoms with van der Waals surface area (Å²) in [4.78, 5) is 11.6. The summed E-state index contributed by atoms with van der Waals surface area (Å²) in [6.45, 7) is 7.22. The fourth-order valence-corrected chi connectivity index (χ4v) is 4.73. The molecule has 0 aliphatic carbocycles. The van der Waals surface area contributed by atoms with E-state index < -0.39 is 53.5 Å². The third kappa shape index (κ3) is 3.47. The second kappa shape index (κ2) is 8.28. The predicted molar refractivity (Wildman–Crippen MR) is 116 cm³/mol. The first-order valence-corrected chi connectivity index (χ1v) is 10.7. The highest BCUT2D eigenvalue weighted by Gasteiger charge is 2.73. The van der Waals surface area contributed by atoms with Crippen LogP contribution >= 0.6 is 0 Å². The normalized spacial score (nSPS) is 41.2. The van der Waals surface area contributed by atoms with Crippen LogP contribution in [-0.2, 0) is 14.2 Å². The first kappa shape index (κ1) is 22.9. The second-order valence-corrected chi connectivity index (χ2v) is 8.91. The van der Waals surface area contributed by atoms with E-state index in [1.165, 1.54) is 13.2 Å². The summed E-state index contributed by atoms with van der Waals surface area (Å²) in [6.07, 6.45) is 6.95. The van der Waals surface area contributed by atoms with E-state index >= 15 is 0 Å². The van der Waals surface area contributed by atoms with E-state index in [-0.39, 0.29) is 0 Å². The molecule has 8 atom stereocenters. The van der Waals surface area contributed by atoms with Gasteiger partial charge in [-0.3, -0.25) is 0 Å². The van der Waals surface area contributed by atoms with Crippen molar-refractivity contribution in [1.82, 2.24) is 0 Å². The van der Waals surface area contributed by atoms with Crippen molar-refractivity contribution in [3.63, 3.8) is 0 Å². The van der Waals surface area contributed by atoms with Crippen LogP contribution in [0.2, 0.25) is 0 Å². The van der Waals surface area contributed by atoms with Crippen LogP contribution in [0.25, 0.3) is 6.08 Å². The Balaban J connectivity index is 1.41. The van der Waals surface area contributed by atoms with Gasteiger partial charge in [0, 0.05) is 5.56 Å². The minimum absolute atomic E-state index is 0.402. The maximum Gasteiger partial charge on any atom is 0.339 e. The van der Waals surface area contributed by atoms with Crippen molar-refractivity contribution in [3.8, 4) is 5.75 Å². The number of fused-ring (bicyclic) bond motifs is 3. The average Bonchev–Trinajstić information content (AvgIpc) is 3.27. The molecule has 32 heavy (non-hydrogen) atoms. The zero-order valence-electron chi connectivity index (χ0n) is 18.8. The molecule has 174 valence electrons. The molecule has 3 saturated heterocycles. The van der Waals surface area contributed by atoms with E-state index in [0.29, 0.717) is 11.5 Å². The smallest absolute Gasteiger partial charge is 0.339 e. The van der Waals surface area contributed by atoms with Crippen LogP contribution in [0.4, 0.5) is 0 Å². The van der Waals surface area contributed by atoms with Crippen molar-refractivity contribution in [1.29, 1.82) is 0 Å². The summed E-state index contributed by atoms with van der Waals surface area (Å²) in [5, 5.41) is 21.7. The molecule has 3 fully saturated rings. The van der Waals surface area contributed by atoms with Crippen LogP contribution in [0.15, 0.2) is 45.7 Å². The van der Waals surface area contributed by atoms with E-state index in [2.05, 4.69) is 0 Å². The zero-order valence-corrected chi connectivity index (χ0v) is 18.8. The predicted octanol–water partition coefficient (Wildman–Crippen LogP) is 2.11. The van der Waals surface area contributed by atoms with Crippen LogP contribution in [0.3, 0.4) is 0 Å². The fourth-order valence-electron chi connectivity index (χ4n) is 4.73.